The molecule has 0 saturated carbocycles. The Bertz CT molecular complexity index is 671. The zero-order chi connectivity index (χ0) is 14.5. The van der Waals surface area contributed by atoms with Gasteiger partial charge in [0.15, 0.2) is 0 Å². The van der Waals surface area contributed by atoms with Crippen molar-refractivity contribution in [2.45, 2.75) is 6.92 Å². The summed E-state index contributed by atoms with van der Waals surface area (Å²) >= 11 is 3.31. The lowest BCUT2D eigenvalue weighted by Gasteiger charge is -2.07. The minimum absolute atomic E-state index is 0.456. The van der Waals surface area contributed by atoms with E-state index in [1.807, 2.05) is 6.92 Å². The van der Waals surface area contributed by atoms with Crippen LogP contribution in [0.25, 0.3) is 6.08 Å². The number of halogens is 1. The second kappa shape index (κ2) is 6.29. The highest BCUT2D eigenvalue weighted by atomic mass is 79.9. The lowest BCUT2D eigenvalue weighted by Crippen LogP contribution is -1.93. The van der Waals surface area contributed by atoms with Crippen molar-refractivity contribution in [2.75, 3.05) is 0 Å². The Morgan fingerprint density at radius 3 is 2.80 bits per heavy atom. The van der Waals surface area contributed by atoms with E-state index in [1.54, 1.807) is 30.7 Å². The number of hydrogen-bond acceptors (Lipinski definition) is 4. The molecule has 0 aliphatic heterocycles. The molecule has 20 heavy (non-hydrogen) atoms. The summed E-state index contributed by atoms with van der Waals surface area (Å²) in [5.41, 5.74) is 1.50. The summed E-state index contributed by atoms with van der Waals surface area (Å²) in [5.74, 6) is 0.0318. The normalized spacial score (nSPS) is 10.7. The van der Waals surface area contributed by atoms with Gasteiger partial charge in [0.05, 0.1) is 6.20 Å². The third-order valence-corrected chi connectivity index (χ3v) is 2.80. The number of ether oxygens (including phenoxy) is 1. The van der Waals surface area contributed by atoms with Crippen LogP contribution in [0.15, 0.2) is 41.3 Å². The van der Waals surface area contributed by atoms with E-state index in [1.165, 1.54) is 6.08 Å². The molecule has 102 valence electrons. The van der Waals surface area contributed by atoms with Crippen LogP contribution >= 0.6 is 15.9 Å². The molecule has 0 aromatic carbocycles. The van der Waals surface area contributed by atoms with Gasteiger partial charge in [-0.2, -0.15) is 0 Å². The second-order valence-corrected chi connectivity index (χ2v) is 4.92. The Morgan fingerprint density at radius 2 is 2.15 bits per heavy atom. The number of hydrogen-bond donors (Lipinski definition) is 1. The molecule has 0 saturated heterocycles. The summed E-state index contributed by atoms with van der Waals surface area (Å²) in [7, 11) is 0. The van der Waals surface area contributed by atoms with Crippen molar-refractivity contribution in [1.29, 1.82) is 0 Å². The van der Waals surface area contributed by atoms with Gasteiger partial charge >= 0.3 is 5.97 Å². The average molecular weight is 335 g/mol. The molecule has 2 rings (SSSR count). The molecule has 0 aliphatic carbocycles. The lowest BCUT2D eigenvalue weighted by molar-refractivity contribution is -0.131. The Labute approximate surface area is 124 Å². The minimum atomic E-state index is -0.997. The van der Waals surface area contributed by atoms with Gasteiger partial charge in [0.1, 0.15) is 5.75 Å². The van der Waals surface area contributed by atoms with E-state index in [0.717, 1.165) is 16.1 Å². The molecule has 0 fully saturated rings. The summed E-state index contributed by atoms with van der Waals surface area (Å²) < 4.78 is 6.44. The summed E-state index contributed by atoms with van der Waals surface area (Å²) in [6.45, 7) is 1.84. The third-order valence-electron chi connectivity index (χ3n) is 2.36. The smallest absolute Gasteiger partial charge is 0.328 e. The van der Waals surface area contributed by atoms with Gasteiger partial charge in [-0.15, -0.1) is 0 Å². The van der Waals surface area contributed by atoms with E-state index in [9.17, 15) is 4.79 Å². The van der Waals surface area contributed by atoms with E-state index in [-0.39, 0.29) is 0 Å². The summed E-state index contributed by atoms with van der Waals surface area (Å²) in [6.07, 6.45) is 7.34. The van der Waals surface area contributed by atoms with Crippen LogP contribution in [0, 0.1) is 6.92 Å². The maximum atomic E-state index is 10.5. The highest BCUT2D eigenvalue weighted by Gasteiger charge is 2.04. The van der Waals surface area contributed by atoms with Crippen LogP contribution in [0.1, 0.15) is 11.1 Å². The molecule has 0 unspecified atom stereocenters. The molecule has 5 nitrogen and oxygen atoms in total. The number of carboxylic acids is 1. The van der Waals surface area contributed by atoms with Crippen molar-refractivity contribution >= 4 is 28.0 Å². The molecule has 0 amide bonds. The SMILES string of the molecule is Cc1cc(/C=C/C(=O)O)cnc1Oc1cncc(Br)c1. The molecule has 0 atom stereocenters. The number of nitrogens with zero attached hydrogens (tertiary/aromatic N) is 2. The molecule has 0 spiro atoms. The van der Waals surface area contributed by atoms with Crippen LogP contribution in [-0.2, 0) is 4.79 Å². The minimum Gasteiger partial charge on any atom is -0.478 e. The van der Waals surface area contributed by atoms with Crippen LogP contribution in [0.4, 0.5) is 0 Å². The zero-order valence-electron chi connectivity index (χ0n) is 10.6. The first-order valence-electron chi connectivity index (χ1n) is 5.70. The van der Waals surface area contributed by atoms with Crippen LogP contribution in [0.5, 0.6) is 11.6 Å². The van der Waals surface area contributed by atoms with Crippen molar-refractivity contribution in [1.82, 2.24) is 9.97 Å². The van der Waals surface area contributed by atoms with E-state index in [2.05, 4.69) is 25.9 Å². The first kappa shape index (κ1) is 14.2. The number of carbonyl (C=O) groups is 1. The van der Waals surface area contributed by atoms with Gasteiger partial charge in [-0.25, -0.2) is 9.78 Å². The molecule has 2 aromatic rings. The zero-order valence-corrected chi connectivity index (χ0v) is 12.2. The lowest BCUT2D eigenvalue weighted by atomic mass is 10.2. The molecule has 2 aromatic heterocycles. The topological polar surface area (TPSA) is 72.3 Å². The first-order valence-corrected chi connectivity index (χ1v) is 6.50. The second-order valence-electron chi connectivity index (χ2n) is 4.00. The largest absolute Gasteiger partial charge is 0.478 e. The quantitative estimate of drug-likeness (QED) is 0.867. The van der Waals surface area contributed by atoms with Crippen LogP contribution in [-0.4, -0.2) is 21.0 Å². The maximum absolute atomic E-state index is 10.5. The molecule has 0 radical (unpaired) electrons. The Balaban J connectivity index is 2.20. The number of aliphatic carboxylic acids is 1. The fourth-order valence-corrected chi connectivity index (χ4v) is 1.85. The predicted octanol–water partition coefficient (Wildman–Crippen LogP) is 3.44. The van der Waals surface area contributed by atoms with Gasteiger partial charge in [-0.05, 0) is 46.6 Å². The summed E-state index contributed by atoms with van der Waals surface area (Å²) in [5, 5.41) is 8.58. The van der Waals surface area contributed by atoms with Gasteiger partial charge in [0, 0.05) is 28.5 Å². The van der Waals surface area contributed by atoms with Crippen molar-refractivity contribution in [3.05, 3.63) is 52.4 Å². The number of pyridine rings is 2. The van der Waals surface area contributed by atoms with Crippen LogP contribution in [0.3, 0.4) is 0 Å². The highest BCUT2D eigenvalue weighted by molar-refractivity contribution is 9.10. The van der Waals surface area contributed by atoms with Gasteiger partial charge in [-0.1, -0.05) is 0 Å². The fraction of sp³-hybridized carbons (Fsp3) is 0.0714. The molecule has 0 aliphatic rings. The van der Waals surface area contributed by atoms with Gasteiger partial charge in [0.2, 0.25) is 5.88 Å². The highest BCUT2D eigenvalue weighted by Crippen LogP contribution is 2.24. The van der Waals surface area contributed by atoms with E-state index in [4.69, 9.17) is 9.84 Å². The standard InChI is InChI=1S/C14H11BrN2O3/c1-9-4-10(2-3-13(18)19)6-17-14(9)20-12-5-11(15)7-16-8-12/h2-8H,1H3,(H,18,19)/b3-2+. The molecule has 0 bridgehead atoms. The summed E-state index contributed by atoms with van der Waals surface area (Å²) in [6, 6.07) is 3.58. The predicted molar refractivity (Wildman–Crippen MR) is 77.7 cm³/mol. The number of aryl methyl sites for hydroxylation is 1. The third kappa shape index (κ3) is 3.89. The average Bonchev–Trinajstić information content (AvgIpc) is 2.39. The molecule has 6 heteroatoms. The van der Waals surface area contributed by atoms with Crippen LogP contribution < -0.4 is 4.74 Å². The van der Waals surface area contributed by atoms with E-state index in [0.29, 0.717) is 17.2 Å². The molecule has 1 N–H and O–H groups in total. The Kier molecular flexibility index (Phi) is 4.47. The molecular weight excluding hydrogens is 324 g/mol. The number of aromatic nitrogens is 2. The van der Waals surface area contributed by atoms with Crippen molar-refractivity contribution in [2.24, 2.45) is 0 Å². The number of rotatable bonds is 4. The number of carboxylic acid groups (broad SMARTS) is 1. The maximum Gasteiger partial charge on any atom is 0.328 e. The van der Waals surface area contributed by atoms with Crippen molar-refractivity contribution < 1.29 is 14.6 Å². The van der Waals surface area contributed by atoms with Crippen molar-refractivity contribution in [3.8, 4) is 11.6 Å². The first-order chi connectivity index (χ1) is 9.54. The van der Waals surface area contributed by atoms with Gasteiger partial charge in [-0.3, -0.25) is 4.98 Å². The fourth-order valence-electron chi connectivity index (χ4n) is 1.51. The van der Waals surface area contributed by atoms with E-state index < -0.39 is 5.97 Å². The van der Waals surface area contributed by atoms with Crippen molar-refractivity contribution in [3.63, 3.8) is 0 Å². The molecular formula is C14H11BrN2O3. The molecule has 2 heterocycles. The Morgan fingerprint density at radius 1 is 1.35 bits per heavy atom. The van der Waals surface area contributed by atoms with E-state index >= 15 is 0 Å². The van der Waals surface area contributed by atoms with Crippen LogP contribution in [0.2, 0.25) is 0 Å². The monoisotopic (exact) mass is 334 g/mol. The van der Waals surface area contributed by atoms with Gasteiger partial charge < -0.3 is 9.84 Å². The Hall–Kier alpha value is -2.21. The summed E-state index contributed by atoms with van der Waals surface area (Å²) in [4.78, 5) is 18.6. The van der Waals surface area contributed by atoms with Gasteiger partial charge in [0.25, 0.3) is 0 Å².